The Balaban J connectivity index is 1.60. The number of amides is 3. The molecule has 4 rings (SSSR count). The van der Waals surface area contributed by atoms with Gasteiger partial charge in [-0.05, 0) is 54.3 Å². The summed E-state index contributed by atoms with van der Waals surface area (Å²) in [6, 6.07) is 23.0. The van der Waals surface area contributed by atoms with Gasteiger partial charge in [0, 0.05) is 30.4 Å². The first-order valence-electron chi connectivity index (χ1n) is 10.7. The Labute approximate surface area is 187 Å². The molecule has 2 N–H and O–H groups in total. The van der Waals surface area contributed by atoms with E-state index in [9.17, 15) is 14.4 Å². The summed E-state index contributed by atoms with van der Waals surface area (Å²) in [5.41, 5.74) is 3.78. The summed E-state index contributed by atoms with van der Waals surface area (Å²) < 4.78 is 0. The third kappa shape index (κ3) is 4.70. The first-order valence-corrected chi connectivity index (χ1v) is 10.7. The molecule has 0 saturated heterocycles. The van der Waals surface area contributed by atoms with Crippen molar-refractivity contribution in [3.63, 3.8) is 0 Å². The summed E-state index contributed by atoms with van der Waals surface area (Å²) in [5.74, 6) is -0.697. The van der Waals surface area contributed by atoms with E-state index >= 15 is 0 Å². The number of rotatable bonds is 5. The quantitative estimate of drug-likeness (QED) is 0.644. The zero-order chi connectivity index (χ0) is 22.5. The Kier molecular flexibility index (Phi) is 6.31. The van der Waals surface area contributed by atoms with Crippen LogP contribution in [0.5, 0.6) is 0 Å². The number of carbonyl (C=O) groups excluding carboxylic acids is 3. The summed E-state index contributed by atoms with van der Waals surface area (Å²) in [6.07, 6.45) is 1.81. The lowest BCUT2D eigenvalue weighted by Gasteiger charge is -2.32. The standard InChI is InChI=1S/C26H25N3O3/c1-18(30)27-22-15-13-21(14-16-22)25(31)28-24(20-9-3-2-4-10-20)26(32)29-17-7-11-19-8-5-6-12-23(19)29/h2-6,8-10,12-16,24H,7,11,17H2,1H3,(H,27,30)(H,28,31). The van der Waals surface area contributed by atoms with Crippen LogP contribution in [0.3, 0.4) is 0 Å². The van der Waals surface area contributed by atoms with Crippen LogP contribution in [0.4, 0.5) is 11.4 Å². The molecule has 6 nitrogen and oxygen atoms in total. The van der Waals surface area contributed by atoms with Gasteiger partial charge >= 0.3 is 0 Å². The van der Waals surface area contributed by atoms with E-state index in [0.717, 1.165) is 29.7 Å². The van der Waals surface area contributed by atoms with Crippen molar-refractivity contribution < 1.29 is 14.4 Å². The Morgan fingerprint density at radius 2 is 1.56 bits per heavy atom. The maximum atomic E-state index is 13.7. The van der Waals surface area contributed by atoms with Crippen LogP contribution in [0.25, 0.3) is 0 Å². The van der Waals surface area contributed by atoms with E-state index < -0.39 is 6.04 Å². The van der Waals surface area contributed by atoms with Gasteiger partial charge in [0.25, 0.3) is 11.8 Å². The Morgan fingerprint density at radius 3 is 2.28 bits per heavy atom. The van der Waals surface area contributed by atoms with Gasteiger partial charge in [-0.25, -0.2) is 0 Å². The van der Waals surface area contributed by atoms with Crippen LogP contribution in [0.15, 0.2) is 78.9 Å². The number of hydrogen-bond donors (Lipinski definition) is 2. The molecule has 0 spiro atoms. The lowest BCUT2D eigenvalue weighted by Crippen LogP contribution is -2.45. The van der Waals surface area contributed by atoms with Crippen LogP contribution in [-0.4, -0.2) is 24.3 Å². The number of anilines is 2. The highest BCUT2D eigenvalue weighted by Crippen LogP contribution is 2.29. The molecule has 6 heteroatoms. The third-order valence-electron chi connectivity index (χ3n) is 5.50. The van der Waals surface area contributed by atoms with Crippen molar-refractivity contribution in [2.75, 3.05) is 16.8 Å². The Hall–Kier alpha value is -3.93. The molecule has 0 fully saturated rings. The molecule has 3 amide bonds. The van der Waals surface area contributed by atoms with Crippen molar-refractivity contribution in [2.24, 2.45) is 0 Å². The van der Waals surface area contributed by atoms with Crippen molar-refractivity contribution >= 4 is 29.1 Å². The molecule has 1 heterocycles. The second kappa shape index (κ2) is 9.47. The Morgan fingerprint density at radius 1 is 0.875 bits per heavy atom. The van der Waals surface area contributed by atoms with Crippen LogP contribution in [-0.2, 0) is 16.0 Å². The van der Waals surface area contributed by atoms with Crippen molar-refractivity contribution in [2.45, 2.75) is 25.8 Å². The van der Waals surface area contributed by atoms with Gasteiger partial charge in [0.2, 0.25) is 5.91 Å². The molecule has 1 aliphatic heterocycles. The third-order valence-corrected chi connectivity index (χ3v) is 5.50. The van der Waals surface area contributed by atoms with E-state index in [4.69, 9.17) is 0 Å². The first-order chi connectivity index (χ1) is 15.5. The van der Waals surface area contributed by atoms with Gasteiger partial charge in [0.1, 0.15) is 6.04 Å². The molecule has 1 aliphatic rings. The molecular formula is C26H25N3O3. The largest absolute Gasteiger partial charge is 0.336 e. The fourth-order valence-electron chi connectivity index (χ4n) is 3.97. The van der Waals surface area contributed by atoms with Crippen molar-refractivity contribution in [3.05, 3.63) is 95.6 Å². The van der Waals surface area contributed by atoms with E-state index in [-0.39, 0.29) is 17.7 Å². The van der Waals surface area contributed by atoms with E-state index in [1.165, 1.54) is 6.92 Å². The molecule has 0 saturated carbocycles. The summed E-state index contributed by atoms with van der Waals surface area (Å²) >= 11 is 0. The predicted octanol–water partition coefficient (Wildman–Crippen LogP) is 4.10. The van der Waals surface area contributed by atoms with E-state index in [1.807, 2.05) is 54.6 Å². The minimum absolute atomic E-state index is 0.161. The summed E-state index contributed by atoms with van der Waals surface area (Å²) in [7, 11) is 0. The molecule has 0 aliphatic carbocycles. The number of para-hydroxylation sites is 1. The number of benzene rings is 3. The maximum Gasteiger partial charge on any atom is 0.254 e. The number of carbonyl (C=O) groups is 3. The smallest absolute Gasteiger partial charge is 0.254 e. The summed E-state index contributed by atoms with van der Waals surface area (Å²) in [5, 5.41) is 5.60. The average Bonchev–Trinajstić information content (AvgIpc) is 2.82. The zero-order valence-electron chi connectivity index (χ0n) is 17.9. The maximum absolute atomic E-state index is 13.7. The minimum atomic E-state index is -0.815. The van der Waals surface area contributed by atoms with Gasteiger partial charge in [-0.2, -0.15) is 0 Å². The number of nitrogens with one attached hydrogen (secondary N) is 2. The van der Waals surface area contributed by atoms with Gasteiger partial charge < -0.3 is 15.5 Å². The molecule has 0 radical (unpaired) electrons. The molecule has 1 atom stereocenters. The lowest BCUT2D eigenvalue weighted by atomic mass is 9.99. The molecule has 3 aromatic carbocycles. The van der Waals surface area contributed by atoms with Crippen molar-refractivity contribution in [3.8, 4) is 0 Å². The molecule has 32 heavy (non-hydrogen) atoms. The lowest BCUT2D eigenvalue weighted by molar-refractivity contribution is -0.120. The van der Waals surface area contributed by atoms with Gasteiger partial charge in [-0.15, -0.1) is 0 Å². The molecule has 0 bridgehead atoms. The second-order valence-electron chi connectivity index (χ2n) is 7.80. The number of aryl methyl sites for hydroxylation is 1. The topological polar surface area (TPSA) is 78.5 Å². The molecule has 0 aromatic heterocycles. The van der Waals surface area contributed by atoms with Gasteiger partial charge in [-0.1, -0.05) is 48.5 Å². The highest BCUT2D eigenvalue weighted by Gasteiger charge is 2.31. The van der Waals surface area contributed by atoms with Gasteiger partial charge in [0.15, 0.2) is 0 Å². The summed E-state index contributed by atoms with van der Waals surface area (Å²) in [6.45, 7) is 2.04. The van der Waals surface area contributed by atoms with Crippen LogP contribution in [0, 0.1) is 0 Å². The normalized spacial score (nSPS) is 13.6. The highest BCUT2D eigenvalue weighted by atomic mass is 16.2. The highest BCUT2D eigenvalue weighted by molar-refractivity contribution is 6.03. The van der Waals surface area contributed by atoms with Crippen LogP contribution >= 0.6 is 0 Å². The fourth-order valence-corrected chi connectivity index (χ4v) is 3.97. The molecule has 3 aromatic rings. The van der Waals surface area contributed by atoms with Crippen LogP contribution in [0.1, 0.15) is 40.9 Å². The molecule has 1 unspecified atom stereocenters. The monoisotopic (exact) mass is 427 g/mol. The van der Waals surface area contributed by atoms with Crippen molar-refractivity contribution in [1.82, 2.24) is 5.32 Å². The Bertz CT molecular complexity index is 1130. The fraction of sp³-hybridized carbons (Fsp3) is 0.192. The first kappa shape index (κ1) is 21.3. The van der Waals surface area contributed by atoms with Crippen LogP contribution in [0.2, 0.25) is 0 Å². The molecular weight excluding hydrogens is 402 g/mol. The zero-order valence-corrected chi connectivity index (χ0v) is 17.9. The van der Waals surface area contributed by atoms with E-state index in [2.05, 4.69) is 10.6 Å². The number of nitrogens with zero attached hydrogens (tertiary/aromatic N) is 1. The van der Waals surface area contributed by atoms with Gasteiger partial charge in [0.05, 0.1) is 0 Å². The minimum Gasteiger partial charge on any atom is -0.336 e. The van der Waals surface area contributed by atoms with E-state index in [0.29, 0.717) is 17.8 Å². The van der Waals surface area contributed by atoms with E-state index in [1.54, 1.807) is 29.2 Å². The summed E-state index contributed by atoms with van der Waals surface area (Å²) in [4.78, 5) is 39.7. The molecule has 162 valence electrons. The second-order valence-corrected chi connectivity index (χ2v) is 7.80. The number of hydrogen-bond acceptors (Lipinski definition) is 3. The predicted molar refractivity (Wildman–Crippen MR) is 125 cm³/mol. The van der Waals surface area contributed by atoms with Crippen LogP contribution < -0.4 is 15.5 Å². The number of fused-ring (bicyclic) bond motifs is 1. The average molecular weight is 428 g/mol. The van der Waals surface area contributed by atoms with Gasteiger partial charge in [-0.3, -0.25) is 14.4 Å². The van der Waals surface area contributed by atoms with Crippen molar-refractivity contribution in [1.29, 1.82) is 0 Å². The SMILES string of the molecule is CC(=O)Nc1ccc(C(=O)NC(C(=O)N2CCCc3ccccc32)c2ccccc2)cc1.